The van der Waals surface area contributed by atoms with Crippen LogP contribution in [0.1, 0.15) is 11.1 Å². The predicted octanol–water partition coefficient (Wildman–Crippen LogP) is 4.77. The highest BCUT2D eigenvalue weighted by molar-refractivity contribution is 6.12. The first-order valence-electron chi connectivity index (χ1n) is 8.91. The molecule has 0 amide bonds. The molecule has 0 saturated carbocycles. The number of aliphatic imine (C=N–C) groups is 1. The van der Waals surface area contributed by atoms with Crippen LogP contribution in [0.5, 0.6) is 0 Å². The van der Waals surface area contributed by atoms with Crippen molar-refractivity contribution in [3.8, 4) is 23.7 Å². The number of para-hydroxylation sites is 2. The molecule has 0 aromatic heterocycles. The monoisotopic (exact) mass is 347 g/mol. The number of fused-ring (bicyclic) bond motifs is 1. The zero-order valence-corrected chi connectivity index (χ0v) is 15.2. The van der Waals surface area contributed by atoms with Gasteiger partial charge in [-0.05, 0) is 36.3 Å². The molecule has 0 bridgehead atoms. The number of hydrogen-bond acceptors (Lipinski definition) is 1. The highest BCUT2D eigenvalue weighted by atomic mass is 15.4. The fraction of sp³-hybridized carbons (Fsp3) is 0.0800. The largest absolute Gasteiger partial charge is 0.287 e. The third-order valence-electron chi connectivity index (χ3n) is 4.60. The summed E-state index contributed by atoms with van der Waals surface area (Å²) in [6.45, 7) is 0.619. The van der Waals surface area contributed by atoms with Gasteiger partial charge in [0, 0.05) is 23.1 Å². The van der Waals surface area contributed by atoms with Gasteiger partial charge in [-0.2, -0.15) is 4.99 Å². The fourth-order valence-corrected chi connectivity index (χ4v) is 3.10. The van der Waals surface area contributed by atoms with Crippen molar-refractivity contribution in [3.05, 3.63) is 96.1 Å². The zero-order valence-electron chi connectivity index (χ0n) is 15.2. The maximum absolute atomic E-state index is 4.79. The van der Waals surface area contributed by atoms with Crippen LogP contribution in [0.3, 0.4) is 0 Å². The standard InChI is InChI=1S/C25H19N2/c1-27(20-10-15-21-11-4-2-5-12-21)24-17-9-8-16-23(24)26-25(27)19-18-22-13-6-3-7-14-22/h2-9,11-14,16-17H,20H2,1H3/q+1. The molecule has 3 aromatic carbocycles. The molecule has 1 aliphatic rings. The molecule has 0 N–H and O–H groups in total. The van der Waals surface area contributed by atoms with Crippen molar-refractivity contribution in [3.63, 3.8) is 0 Å². The number of quaternary nitrogens is 1. The highest BCUT2D eigenvalue weighted by Gasteiger charge is 2.38. The molecule has 1 unspecified atom stereocenters. The first-order chi connectivity index (χ1) is 13.3. The molecule has 1 atom stereocenters. The summed E-state index contributed by atoms with van der Waals surface area (Å²) >= 11 is 0. The average molecular weight is 347 g/mol. The molecule has 3 aromatic rings. The van der Waals surface area contributed by atoms with Crippen molar-refractivity contribution in [1.82, 2.24) is 4.48 Å². The minimum Gasteiger partial charge on any atom is -0.225 e. The van der Waals surface area contributed by atoms with E-state index in [2.05, 4.69) is 36.8 Å². The van der Waals surface area contributed by atoms with Gasteiger partial charge in [-0.15, -0.1) is 0 Å². The molecule has 27 heavy (non-hydrogen) atoms. The molecule has 1 heterocycles. The second kappa shape index (κ2) is 7.34. The lowest BCUT2D eigenvalue weighted by Gasteiger charge is -2.25. The molecule has 0 fully saturated rings. The lowest BCUT2D eigenvalue weighted by atomic mass is 10.2. The van der Waals surface area contributed by atoms with Crippen LogP contribution < -0.4 is 4.48 Å². The van der Waals surface area contributed by atoms with E-state index < -0.39 is 0 Å². The number of rotatable bonds is 1. The van der Waals surface area contributed by atoms with Gasteiger partial charge in [0.05, 0.1) is 7.05 Å². The second-order valence-corrected chi connectivity index (χ2v) is 6.56. The van der Waals surface area contributed by atoms with E-state index in [1.54, 1.807) is 0 Å². The van der Waals surface area contributed by atoms with E-state index >= 15 is 0 Å². The SMILES string of the molecule is C[N+]1(CC#Cc2ccccc2)C(C#Cc2ccccc2)=Nc2ccccc21. The Labute approximate surface area is 160 Å². The van der Waals surface area contributed by atoms with E-state index in [1.165, 1.54) is 0 Å². The van der Waals surface area contributed by atoms with E-state index in [0.29, 0.717) is 11.0 Å². The summed E-state index contributed by atoms with van der Waals surface area (Å²) < 4.78 is 0.496. The normalized spacial score (nSPS) is 17.0. The molecular formula is C25H19N2+. The van der Waals surface area contributed by atoms with Gasteiger partial charge in [0.1, 0.15) is 5.69 Å². The Kier molecular flexibility index (Phi) is 4.58. The van der Waals surface area contributed by atoms with Crippen LogP contribution in [0.2, 0.25) is 0 Å². The smallest absolute Gasteiger partial charge is 0.225 e. The Hall–Kier alpha value is -3.59. The highest BCUT2D eigenvalue weighted by Crippen LogP contribution is 2.38. The lowest BCUT2D eigenvalue weighted by molar-refractivity contribution is 0.567. The topological polar surface area (TPSA) is 12.4 Å². The van der Waals surface area contributed by atoms with Crippen LogP contribution >= 0.6 is 0 Å². The summed E-state index contributed by atoms with van der Waals surface area (Å²) in [5, 5.41) is 0. The third kappa shape index (κ3) is 3.53. The van der Waals surface area contributed by atoms with Gasteiger partial charge in [0.15, 0.2) is 12.2 Å². The van der Waals surface area contributed by atoms with E-state index in [4.69, 9.17) is 4.99 Å². The van der Waals surface area contributed by atoms with Crippen LogP contribution in [0.25, 0.3) is 0 Å². The van der Waals surface area contributed by atoms with E-state index in [0.717, 1.165) is 28.3 Å². The van der Waals surface area contributed by atoms with Gasteiger partial charge < -0.3 is 0 Å². The third-order valence-corrected chi connectivity index (χ3v) is 4.60. The van der Waals surface area contributed by atoms with Crippen molar-refractivity contribution in [2.75, 3.05) is 13.6 Å². The van der Waals surface area contributed by atoms with Gasteiger partial charge in [-0.1, -0.05) is 60.4 Å². The van der Waals surface area contributed by atoms with Gasteiger partial charge in [-0.25, -0.2) is 4.48 Å². The van der Waals surface area contributed by atoms with Gasteiger partial charge in [0.2, 0.25) is 0 Å². The Morgan fingerprint density at radius 3 is 2.00 bits per heavy atom. The number of benzene rings is 3. The van der Waals surface area contributed by atoms with Crippen LogP contribution in [-0.2, 0) is 0 Å². The van der Waals surface area contributed by atoms with Crippen molar-refractivity contribution in [2.24, 2.45) is 4.99 Å². The fourth-order valence-electron chi connectivity index (χ4n) is 3.10. The van der Waals surface area contributed by atoms with Crippen LogP contribution in [0.15, 0.2) is 89.9 Å². The van der Waals surface area contributed by atoms with Gasteiger partial charge in [0.25, 0.3) is 5.84 Å². The Bertz CT molecular complexity index is 1110. The molecule has 0 saturated heterocycles. The van der Waals surface area contributed by atoms with E-state index in [9.17, 15) is 0 Å². The minimum absolute atomic E-state index is 0.496. The van der Waals surface area contributed by atoms with Gasteiger partial charge in [-0.3, -0.25) is 0 Å². The van der Waals surface area contributed by atoms with Crippen molar-refractivity contribution < 1.29 is 0 Å². The molecule has 0 spiro atoms. The van der Waals surface area contributed by atoms with Crippen molar-refractivity contribution >= 4 is 17.2 Å². The summed E-state index contributed by atoms with van der Waals surface area (Å²) in [6, 6.07) is 28.3. The van der Waals surface area contributed by atoms with E-state index in [-0.39, 0.29) is 0 Å². The van der Waals surface area contributed by atoms with E-state index in [1.807, 2.05) is 78.9 Å². The quantitative estimate of drug-likeness (QED) is 0.444. The molecule has 2 nitrogen and oxygen atoms in total. The summed E-state index contributed by atoms with van der Waals surface area (Å²) in [5.74, 6) is 13.9. The molecule has 2 heteroatoms. The lowest BCUT2D eigenvalue weighted by Crippen LogP contribution is -2.48. The molecule has 1 aliphatic heterocycles. The maximum atomic E-state index is 4.79. The molecular weight excluding hydrogens is 328 g/mol. The Morgan fingerprint density at radius 2 is 1.30 bits per heavy atom. The molecule has 0 radical (unpaired) electrons. The zero-order chi connectivity index (χ0) is 18.5. The minimum atomic E-state index is 0.496. The molecule has 4 rings (SSSR count). The van der Waals surface area contributed by atoms with Crippen molar-refractivity contribution in [1.29, 1.82) is 0 Å². The Balaban J connectivity index is 1.68. The molecule has 0 aliphatic carbocycles. The first kappa shape index (κ1) is 16.9. The predicted molar refractivity (Wildman–Crippen MR) is 113 cm³/mol. The summed E-state index contributed by atoms with van der Waals surface area (Å²) in [7, 11) is 2.13. The van der Waals surface area contributed by atoms with Crippen LogP contribution in [0.4, 0.5) is 11.4 Å². The summed E-state index contributed by atoms with van der Waals surface area (Å²) in [6.07, 6.45) is 0. The van der Waals surface area contributed by atoms with Crippen molar-refractivity contribution in [2.45, 2.75) is 0 Å². The van der Waals surface area contributed by atoms with Gasteiger partial charge >= 0.3 is 0 Å². The van der Waals surface area contributed by atoms with Crippen LogP contribution in [-0.4, -0.2) is 19.4 Å². The number of nitrogens with zero attached hydrogens (tertiary/aromatic N) is 2. The van der Waals surface area contributed by atoms with Crippen LogP contribution in [0, 0.1) is 23.7 Å². The summed E-state index contributed by atoms with van der Waals surface area (Å²) in [5.41, 5.74) is 4.11. The first-order valence-corrected chi connectivity index (χ1v) is 8.91. The second-order valence-electron chi connectivity index (χ2n) is 6.56. The summed E-state index contributed by atoms with van der Waals surface area (Å²) in [4.78, 5) is 4.79. The molecule has 128 valence electrons. The maximum Gasteiger partial charge on any atom is 0.287 e. The number of amidine groups is 1. The number of hydrogen-bond donors (Lipinski definition) is 0. The Morgan fingerprint density at radius 1 is 0.704 bits per heavy atom. The average Bonchev–Trinajstić information content (AvgIpc) is 3.00.